The zero-order valence-corrected chi connectivity index (χ0v) is 18.7. The minimum absolute atomic E-state index is 0.100. The summed E-state index contributed by atoms with van der Waals surface area (Å²) in [5, 5.41) is 2.62. The number of rotatable bonds is 8. The lowest BCUT2D eigenvalue weighted by molar-refractivity contribution is -0.123. The number of esters is 1. The highest BCUT2D eigenvalue weighted by atomic mass is 32.2. The molecule has 0 aliphatic carbocycles. The van der Waals surface area contributed by atoms with Crippen LogP contribution in [0.15, 0.2) is 35.2 Å². The second-order valence-corrected chi connectivity index (χ2v) is 9.76. The first-order valence-electron chi connectivity index (χ1n) is 9.27. The van der Waals surface area contributed by atoms with E-state index in [2.05, 4.69) is 10.0 Å². The zero-order valence-electron chi connectivity index (χ0n) is 17.1. The van der Waals surface area contributed by atoms with E-state index in [1.165, 1.54) is 42.5 Å². The van der Waals surface area contributed by atoms with Crippen LogP contribution in [-0.2, 0) is 26.0 Å². The Morgan fingerprint density at radius 2 is 1.76 bits per heavy atom. The molecule has 0 saturated heterocycles. The molecule has 0 radical (unpaired) electrons. The van der Waals surface area contributed by atoms with E-state index in [9.17, 15) is 18.0 Å². The number of amides is 1. The van der Waals surface area contributed by atoms with Crippen molar-refractivity contribution in [2.45, 2.75) is 58.1 Å². The first-order valence-corrected chi connectivity index (χ1v) is 11.6. The number of sulfonamides is 1. The molecule has 1 aromatic carbocycles. The summed E-state index contributed by atoms with van der Waals surface area (Å²) >= 11 is 1.36. The van der Waals surface area contributed by atoms with E-state index in [4.69, 9.17) is 4.74 Å². The Hall–Kier alpha value is -2.23. The van der Waals surface area contributed by atoms with E-state index >= 15 is 0 Å². The van der Waals surface area contributed by atoms with Gasteiger partial charge in [-0.3, -0.25) is 4.79 Å². The monoisotopic (exact) mass is 438 g/mol. The Kier molecular flexibility index (Phi) is 7.56. The molecule has 0 aliphatic heterocycles. The molecule has 1 aromatic heterocycles. The van der Waals surface area contributed by atoms with Gasteiger partial charge in [0.05, 0.1) is 4.90 Å². The number of carbonyl (C=O) groups excluding carboxylic acids is 2. The number of thiophene rings is 1. The first-order chi connectivity index (χ1) is 13.5. The molecule has 2 N–H and O–H groups in total. The van der Waals surface area contributed by atoms with Crippen LogP contribution in [0.3, 0.4) is 0 Å². The molecule has 29 heavy (non-hydrogen) atoms. The highest BCUT2D eigenvalue weighted by Crippen LogP contribution is 2.23. The van der Waals surface area contributed by atoms with E-state index in [-0.39, 0.29) is 10.9 Å². The van der Waals surface area contributed by atoms with Gasteiger partial charge in [-0.2, -0.15) is 0 Å². The molecule has 2 rings (SSSR count). The fourth-order valence-corrected chi connectivity index (χ4v) is 4.83. The van der Waals surface area contributed by atoms with Crippen LogP contribution < -0.4 is 10.0 Å². The maximum absolute atomic E-state index is 12.3. The number of hydrogen-bond donors (Lipinski definition) is 2. The predicted octanol–water partition coefficient (Wildman–Crippen LogP) is 3.49. The van der Waals surface area contributed by atoms with Crippen LogP contribution in [0.1, 0.15) is 47.8 Å². The molecule has 1 amide bonds. The summed E-state index contributed by atoms with van der Waals surface area (Å²) in [6.45, 7) is 8.90. The second-order valence-electron chi connectivity index (χ2n) is 6.91. The van der Waals surface area contributed by atoms with Gasteiger partial charge in [-0.25, -0.2) is 17.9 Å². The Morgan fingerprint density at radius 1 is 1.14 bits per heavy atom. The number of benzene rings is 1. The molecule has 7 nitrogen and oxygen atoms in total. The summed E-state index contributed by atoms with van der Waals surface area (Å²) in [5.41, 5.74) is 1.44. The van der Waals surface area contributed by atoms with Crippen LogP contribution in [0.4, 0.5) is 5.69 Å². The highest BCUT2D eigenvalue weighted by Gasteiger charge is 2.21. The molecule has 0 aliphatic rings. The zero-order chi connectivity index (χ0) is 21.8. The van der Waals surface area contributed by atoms with Gasteiger partial charge in [-0.05, 0) is 70.0 Å². The number of nitrogens with one attached hydrogen (secondary N) is 2. The van der Waals surface area contributed by atoms with Crippen LogP contribution in [-0.4, -0.2) is 32.4 Å². The van der Waals surface area contributed by atoms with Crippen molar-refractivity contribution in [3.8, 4) is 0 Å². The van der Waals surface area contributed by atoms with Gasteiger partial charge in [0.15, 0.2) is 6.10 Å². The first kappa shape index (κ1) is 23.1. The van der Waals surface area contributed by atoms with Crippen LogP contribution in [0.5, 0.6) is 0 Å². The van der Waals surface area contributed by atoms with Gasteiger partial charge >= 0.3 is 5.97 Å². The quantitative estimate of drug-likeness (QED) is 0.615. The lowest BCUT2D eigenvalue weighted by Gasteiger charge is -2.14. The fourth-order valence-electron chi connectivity index (χ4n) is 2.58. The highest BCUT2D eigenvalue weighted by molar-refractivity contribution is 7.89. The van der Waals surface area contributed by atoms with Crippen LogP contribution in [0.2, 0.25) is 0 Å². The smallest absolute Gasteiger partial charge is 0.349 e. The Bertz CT molecular complexity index is 979. The van der Waals surface area contributed by atoms with Crippen molar-refractivity contribution in [2.24, 2.45) is 0 Å². The number of hydrogen-bond acceptors (Lipinski definition) is 6. The summed E-state index contributed by atoms with van der Waals surface area (Å²) < 4.78 is 32.0. The van der Waals surface area contributed by atoms with Crippen molar-refractivity contribution in [1.29, 1.82) is 0 Å². The molecular weight excluding hydrogens is 412 g/mol. The third kappa shape index (κ3) is 6.12. The van der Waals surface area contributed by atoms with Crippen molar-refractivity contribution >= 4 is 38.9 Å². The molecule has 0 spiro atoms. The molecule has 0 saturated carbocycles. The second kappa shape index (κ2) is 9.51. The molecule has 0 bridgehead atoms. The SMILES string of the molecule is CCc1sc(C(=O)OC(C)C(=O)Nc2ccc(S(=O)(=O)NC(C)C)cc2)cc1C. The van der Waals surface area contributed by atoms with Gasteiger partial charge in [0.2, 0.25) is 10.0 Å². The third-order valence-corrected chi connectivity index (χ3v) is 7.05. The molecular formula is C20H26N2O5S2. The van der Waals surface area contributed by atoms with Gasteiger partial charge in [0.1, 0.15) is 4.88 Å². The summed E-state index contributed by atoms with van der Waals surface area (Å²) in [7, 11) is -3.60. The Balaban J connectivity index is 1.99. The number of anilines is 1. The third-order valence-electron chi connectivity index (χ3n) is 4.02. The van der Waals surface area contributed by atoms with Crippen molar-refractivity contribution in [2.75, 3.05) is 5.32 Å². The van der Waals surface area contributed by atoms with Gasteiger partial charge in [0, 0.05) is 16.6 Å². The molecule has 2 aromatic rings. The number of carbonyl (C=O) groups is 2. The van der Waals surface area contributed by atoms with Crippen LogP contribution in [0, 0.1) is 6.92 Å². The Morgan fingerprint density at radius 3 is 2.28 bits per heavy atom. The minimum Gasteiger partial charge on any atom is -0.448 e. The minimum atomic E-state index is -3.60. The number of ether oxygens (including phenoxy) is 1. The number of aryl methyl sites for hydroxylation is 2. The van der Waals surface area contributed by atoms with E-state index in [0.29, 0.717) is 10.6 Å². The molecule has 1 unspecified atom stereocenters. The summed E-state index contributed by atoms with van der Waals surface area (Å²) in [4.78, 5) is 26.3. The van der Waals surface area contributed by atoms with Crippen molar-refractivity contribution in [1.82, 2.24) is 4.72 Å². The van der Waals surface area contributed by atoms with Crippen molar-refractivity contribution in [3.05, 3.63) is 45.6 Å². The van der Waals surface area contributed by atoms with Gasteiger partial charge in [-0.1, -0.05) is 6.92 Å². The summed E-state index contributed by atoms with van der Waals surface area (Å²) in [5.74, 6) is -1.04. The molecule has 9 heteroatoms. The normalized spacial score (nSPS) is 12.6. The van der Waals surface area contributed by atoms with Gasteiger partial charge in [0.25, 0.3) is 5.91 Å². The Labute approximate surface area is 175 Å². The van der Waals surface area contributed by atoms with Crippen LogP contribution >= 0.6 is 11.3 Å². The molecule has 0 fully saturated rings. The predicted molar refractivity (Wildman–Crippen MR) is 114 cm³/mol. The fraction of sp³-hybridized carbons (Fsp3) is 0.400. The topological polar surface area (TPSA) is 102 Å². The van der Waals surface area contributed by atoms with E-state index in [1.54, 1.807) is 19.9 Å². The van der Waals surface area contributed by atoms with E-state index in [1.807, 2.05) is 13.8 Å². The van der Waals surface area contributed by atoms with E-state index < -0.39 is 28.0 Å². The average molecular weight is 439 g/mol. The van der Waals surface area contributed by atoms with Crippen molar-refractivity contribution < 1.29 is 22.7 Å². The average Bonchev–Trinajstić information content (AvgIpc) is 3.02. The lowest BCUT2D eigenvalue weighted by Crippen LogP contribution is -2.30. The van der Waals surface area contributed by atoms with Crippen LogP contribution in [0.25, 0.3) is 0 Å². The maximum Gasteiger partial charge on any atom is 0.349 e. The van der Waals surface area contributed by atoms with Gasteiger partial charge in [-0.15, -0.1) is 11.3 Å². The van der Waals surface area contributed by atoms with Gasteiger partial charge < -0.3 is 10.1 Å². The maximum atomic E-state index is 12.3. The molecule has 1 heterocycles. The summed E-state index contributed by atoms with van der Waals surface area (Å²) in [6, 6.07) is 7.31. The largest absolute Gasteiger partial charge is 0.448 e. The van der Waals surface area contributed by atoms with E-state index in [0.717, 1.165) is 16.9 Å². The lowest BCUT2D eigenvalue weighted by atomic mass is 10.2. The summed E-state index contributed by atoms with van der Waals surface area (Å²) in [6.07, 6.45) is -0.168. The molecule has 158 valence electrons. The standard InChI is InChI=1S/C20H26N2O5S2/c1-6-17-13(4)11-18(28-17)20(24)27-14(5)19(23)21-15-7-9-16(10-8-15)29(25,26)22-12(2)3/h7-12,14,22H,6H2,1-5H3,(H,21,23). The van der Waals surface area contributed by atoms with Crippen molar-refractivity contribution in [3.63, 3.8) is 0 Å². The molecule has 1 atom stereocenters.